The van der Waals surface area contributed by atoms with Gasteiger partial charge in [0.15, 0.2) is 0 Å². The number of rotatable bonds is 2. The van der Waals surface area contributed by atoms with Gasteiger partial charge in [0.1, 0.15) is 5.75 Å². The Labute approximate surface area is 99.5 Å². The van der Waals surface area contributed by atoms with E-state index < -0.39 is 0 Å². The first-order valence-corrected chi connectivity index (χ1v) is 5.87. The quantitative estimate of drug-likeness (QED) is 0.724. The number of imidazole rings is 1. The van der Waals surface area contributed by atoms with E-state index in [0.717, 1.165) is 36.5 Å². The Hall–Kier alpha value is -1.75. The van der Waals surface area contributed by atoms with Crippen molar-refractivity contribution in [3.05, 3.63) is 18.2 Å². The van der Waals surface area contributed by atoms with Gasteiger partial charge in [-0.3, -0.25) is 0 Å². The molecule has 1 aliphatic heterocycles. The van der Waals surface area contributed by atoms with Crippen LogP contribution in [0, 0.1) is 0 Å². The van der Waals surface area contributed by atoms with Crippen molar-refractivity contribution in [3.8, 4) is 5.75 Å². The van der Waals surface area contributed by atoms with Gasteiger partial charge < -0.3 is 20.3 Å². The zero-order valence-corrected chi connectivity index (χ0v) is 9.77. The van der Waals surface area contributed by atoms with Crippen molar-refractivity contribution in [1.29, 1.82) is 0 Å². The molecule has 1 atom stereocenters. The van der Waals surface area contributed by atoms with Crippen molar-refractivity contribution in [3.63, 3.8) is 0 Å². The summed E-state index contributed by atoms with van der Waals surface area (Å²) >= 11 is 0. The van der Waals surface area contributed by atoms with Gasteiger partial charge in [-0.05, 0) is 25.1 Å². The highest BCUT2D eigenvalue weighted by Crippen LogP contribution is 2.23. The van der Waals surface area contributed by atoms with E-state index in [4.69, 9.17) is 0 Å². The van der Waals surface area contributed by atoms with E-state index in [1.165, 1.54) is 0 Å². The maximum Gasteiger partial charge on any atom is 0.203 e. The van der Waals surface area contributed by atoms with Gasteiger partial charge in [0.05, 0.1) is 11.0 Å². The Morgan fingerprint density at radius 1 is 1.53 bits per heavy atom. The molecule has 1 aromatic heterocycles. The summed E-state index contributed by atoms with van der Waals surface area (Å²) < 4.78 is 2.02. The number of anilines is 1. The Morgan fingerprint density at radius 2 is 2.41 bits per heavy atom. The van der Waals surface area contributed by atoms with Crippen molar-refractivity contribution in [2.24, 2.45) is 7.05 Å². The molecule has 2 heterocycles. The number of nitrogens with zero attached hydrogens (tertiary/aromatic N) is 2. The van der Waals surface area contributed by atoms with Crippen LogP contribution in [0.2, 0.25) is 0 Å². The maximum absolute atomic E-state index is 9.43. The highest BCUT2D eigenvalue weighted by molar-refractivity contribution is 5.80. The zero-order chi connectivity index (χ0) is 11.8. The van der Waals surface area contributed by atoms with Crippen LogP contribution in [0.15, 0.2) is 18.2 Å². The molecule has 0 amide bonds. The normalized spacial score (nSPS) is 19.9. The summed E-state index contributed by atoms with van der Waals surface area (Å²) in [5.41, 5.74) is 1.84. The first-order valence-electron chi connectivity index (χ1n) is 5.87. The number of phenolic OH excluding ortho intramolecular Hbond substituents is 1. The lowest BCUT2D eigenvalue weighted by atomic mass is 10.3. The van der Waals surface area contributed by atoms with Crippen molar-refractivity contribution < 1.29 is 5.11 Å². The van der Waals surface area contributed by atoms with Gasteiger partial charge in [-0.1, -0.05) is 0 Å². The number of phenols is 1. The molecule has 3 N–H and O–H groups in total. The summed E-state index contributed by atoms with van der Waals surface area (Å²) in [6.45, 7) is 2.04. The third-order valence-corrected chi connectivity index (χ3v) is 3.26. The minimum atomic E-state index is 0.254. The molecule has 90 valence electrons. The summed E-state index contributed by atoms with van der Waals surface area (Å²) in [6, 6.07) is 5.70. The fourth-order valence-corrected chi connectivity index (χ4v) is 2.28. The van der Waals surface area contributed by atoms with Crippen LogP contribution >= 0.6 is 0 Å². The van der Waals surface area contributed by atoms with E-state index in [9.17, 15) is 5.11 Å². The average Bonchev–Trinajstić information content (AvgIpc) is 2.89. The molecule has 0 saturated carbocycles. The fourth-order valence-electron chi connectivity index (χ4n) is 2.28. The highest BCUT2D eigenvalue weighted by atomic mass is 16.3. The second-order valence-electron chi connectivity index (χ2n) is 4.50. The number of aryl methyl sites for hydroxylation is 1. The smallest absolute Gasteiger partial charge is 0.203 e. The lowest BCUT2D eigenvalue weighted by Gasteiger charge is -2.11. The third-order valence-electron chi connectivity index (χ3n) is 3.26. The number of fused-ring (bicyclic) bond motifs is 1. The molecule has 0 aliphatic carbocycles. The number of hydrogen-bond acceptors (Lipinski definition) is 4. The van der Waals surface area contributed by atoms with Crippen molar-refractivity contribution in [2.75, 3.05) is 18.4 Å². The van der Waals surface area contributed by atoms with Crippen LogP contribution in [0.4, 0.5) is 5.95 Å². The molecule has 1 fully saturated rings. The van der Waals surface area contributed by atoms with Crippen LogP contribution in [0.3, 0.4) is 0 Å². The maximum atomic E-state index is 9.43. The van der Waals surface area contributed by atoms with E-state index in [2.05, 4.69) is 15.6 Å². The largest absolute Gasteiger partial charge is 0.508 e. The van der Waals surface area contributed by atoms with E-state index in [1.807, 2.05) is 17.7 Å². The molecule has 1 unspecified atom stereocenters. The highest BCUT2D eigenvalue weighted by Gasteiger charge is 2.17. The summed E-state index contributed by atoms with van der Waals surface area (Å²) in [5, 5.41) is 16.2. The lowest BCUT2D eigenvalue weighted by Crippen LogP contribution is -2.23. The number of nitrogens with one attached hydrogen (secondary N) is 2. The van der Waals surface area contributed by atoms with Crippen molar-refractivity contribution in [2.45, 2.75) is 12.5 Å². The predicted octanol–water partition coefficient (Wildman–Crippen LogP) is 1.05. The van der Waals surface area contributed by atoms with Crippen LogP contribution in [0.5, 0.6) is 5.75 Å². The molecule has 0 spiro atoms. The minimum absolute atomic E-state index is 0.254. The van der Waals surface area contributed by atoms with Gasteiger partial charge in [0.2, 0.25) is 5.95 Å². The molecule has 0 bridgehead atoms. The van der Waals surface area contributed by atoms with Gasteiger partial charge in [-0.25, -0.2) is 4.98 Å². The molecule has 0 radical (unpaired) electrons. The SMILES string of the molecule is Cn1c(NC2CCNC2)nc2cc(O)ccc21. The fraction of sp³-hybridized carbons (Fsp3) is 0.417. The Kier molecular flexibility index (Phi) is 2.40. The van der Waals surface area contributed by atoms with Gasteiger partial charge >= 0.3 is 0 Å². The molecular formula is C12H16N4O. The molecule has 2 aromatic rings. The third kappa shape index (κ3) is 1.82. The minimum Gasteiger partial charge on any atom is -0.508 e. The second-order valence-corrected chi connectivity index (χ2v) is 4.50. The summed E-state index contributed by atoms with van der Waals surface area (Å²) in [5.74, 6) is 1.11. The van der Waals surface area contributed by atoms with Crippen LogP contribution in [-0.4, -0.2) is 33.8 Å². The molecule has 1 saturated heterocycles. The molecule has 5 heteroatoms. The molecule has 5 nitrogen and oxygen atoms in total. The van der Waals surface area contributed by atoms with E-state index in [-0.39, 0.29) is 5.75 Å². The van der Waals surface area contributed by atoms with Gasteiger partial charge in [-0.15, -0.1) is 0 Å². The lowest BCUT2D eigenvalue weighted by molar-refractivity contribution is 0.476. The van der Waals surface area contributed by atoms with Crippen LogP contribution < -0.4 is 10.6 Å². The predicted molar refractivity (Wildman–Crippen MR) is 67.3 cm³/mol. The van der Waals surface area contributed by atoms with Crippen molar-refractivity contribution in [1.82, 2.24) is 14.9 Å². The standard InChI is InChI=1S/C12H16N4O/c1-16-11-3-2-9(17)6-10(11)15-12(16)14-8-4-5-13-7-8/h2-3,6,8,13,17H,4-5,7H2,1H3,(H,14,15). The van der Waals surface area contributed by atoms with Crippen LogP contribution in [0.1, 0.15) is 6.42 Å². The monoisotopic (exact) mass is 232 g/mol. The Bertz CT molecular complexity index is 543. The number of benzene rings is 1. The first-order chi connectivity index (χ1) is 8.24. The van der Waals surface area contributed by atoms with Crippen molar-refractivity contribution >= 4 is 17.0 Å². The Morgan fingerprint density at radius 3 is 3.18 bits per heavy atom. The van der Waals surface area contributed by atoms with E-state index in [0.29, 0.717) is 6.04 Å². The van der Waals surface area contributed by atoms with Crippen LogP contribution in [-0.2, 0) is 7.05 Å². The Balaban J connectivity index is 1.96. The molecular weight excluding hydrogens is 216 g/mol. The summed E-state index contributed by atoms with van der Waals surface area (Å²) in [6.07, 6.45) is 1.12. The number of aromatic nitrogens is 2. The molecule has 1 aliphatic rings. The first kappa shape index (κ1) is 10.4. The van der Waals surface area contributed by atoms with E-state index in [1.54, 1.807) is 12.1 Å². The van der Waals surface area contributed by atoms with Gasteiger partial charge in [0.25, 0.3) is 0 Å². The molecule has 3 rings (SSSR count). The number of aromatic hydroxyl groups is 1. The second kappa shape index (κ2) is 3.92. The van der Waals surface area contributed by atoms with Gasteiger partial charge in [-0.2, -0.15) is 0 Å². The average molecular weight is 232 g/mol. The van der Waals surface area contributed by atoms with Gasteiger partial charge in [0, 0.05) is 25.7 Å². The number of hydrogen-bond donors (Lipinski definition) is 3. The molecule has 17 heavy (non-hydrogen) atoms. The summed E-state index contributed by atoms with van der Waals surface area (Å²) in [7, 11) is 1.98. The zero-order valence-electron chi connectivity index (χ0n) is 9.77. The topological polar surface area (TPSA) is 62.1 Å². The summed E-state index contributed by atoms with van der Waals surface area (Å²) in [4.78, 5) is 4.50. The van der Waals surface area contributed by atoms with Crippen LogP contribution in [0.25, 0.3) is 11.0 Å². The molecule has 1 aromatic carbocycles. The van der Waals surface area contributed by atoms with E-state index >= 15 is 0 Å².